The van der Waals surface area contributed by atoms with Crippen LogP contribution in [0.25, 0.3) is 0 Å². The molecule has 0 aromatic rings. The summed E-state index contributed by atoms with van der Waals surface area (Å²) < 4.78 is 6.68. The molecular formula is C16H29NO. The lowest BCUT2D eigenvalue weighted by molar-refractivity contribution is -0.153. The quantitative estimate of drug-likeness (QED) is 0.709. The molecule has 0 N–H and O–H groups in total. The van der Waals surface area contributed by atoms with E-state index in [4.69, 9.17) is 4.74 Å². The number of rotatable bonds is 1. The smallest absolute Gasteiger partial charge is 0.0825 e. The molecule has 2 nitrogen and oxygen atoms in total. The molecule has 1 saturated carbocycles. The van der Waals surface area contributed by atoms with Crippen LogP contribution in [0.1, 0.15) is 53.4 Å². The molecular weight excluding hydrogens is 222 g/mol. The van der Waals surface area contributed by atoms with Crippen molar-refractivity contribution in [2.24, 2.45) is 17.8 Å². The van der Waals surface area contributed by atoms with Crippen molar-refractivity contribution < 1.29 is 4.74 Å². The van der Waals surface area contributed by atoms with Crippen molar-refractivity contribution in [1.82, 2.24) is 4.90 Å². The zero-order chi connectivity index (χ0) is 12.9. The molecule has 2 saturated heterocycles. The molecule has 1 aliphatic carbocycles. The summed E-state index contributed by atoms with van der Waals surface area (Å²) in [5, 5.41) is 0. The summed E-state index contributed by atoms with van der Waals surface area (Å²) in [7, 11) is 0. The van der Waals surface area contributed by atoms with E-state index in [1.54, 1.807) is 0 Å². The summed E-state index contributed by atoms with van der Waals surface area (Å²) in [4.78, 5) is 2.60. The van der Waals surface area contributed by atoms with Gasteiger partial charge in [0, 0.05) is 19.1 Å². The second-order valence-electron chi connectivity index (χ2n) is 7.47. The van der Waals surface area contributed by atoms with Gasteiger partial charge in [0.25, 0.3) is 0 Å². The van der Waals surface area contributed by atoms with Crippen LogP contribution >= 0.6 is 0 Å². The van der Waals surface area contributed by atoms with Crippen LogP contribution in [-0.2, 0) is 4.74 Å². The molecule has 104 valence electrons. The Morgan fingerprint density at radius 3 is 2.61 bits per heavy atom. The fourth-order valence-corrected chi connectivity index (χ4v) is 4.69. The first-order chi connectivity index (χ1) is 8.51. The summed E-state index contributed by atoms with van der Waals surface area (Å²) in [5.74, 6) is 2.50. The van der Waals surface area contributed by atoms with Crippen molar-refractivity contribution in [3.05, 3.63) is 0 Å². The van der Waals surface area contributed by atoms with E-state index in [0.29, 0.717) is 12.1 Å². The van der Waals surface area contributed by atoms with Crippen LogP contribution in [0.4, 0.5) is 0 Å². The van der Waals surface area contributed by atoms with Gasteiger partial charge in [0.2, 0.25) is 0 Å². The van der Waals surface area contributed by atoms with Crippen LogP contribution in [-0.4, -0.2) is 35.7 Å². The van der Waals surface area contributed by atoms with Gasteiger partial charge in [-0.1, -0.05) is 13.8 Å². The highest BCUT2D eigenvalue weighted by Gasteiger charge is 2.51. The first-order valence-corrected chi connectivity index (χ1v) is 7.93. The van der Waals surface area contributed by atoms with Gasteiger partial charge in [-0.25, -0.2) is 0 Å². The summed E-state index contributed by atoms with van der Waals surface area (Å²) >= 11 is 0. The third kappa shape index (κ3) is 2.02. The molecule has 18 heavy (non-hydrogen) atoms. The number of ether oxygens (including phenoxy) is 1. The van der Waals surface area contributed by atoms with Gasteiger partial charge in [0.1, 0.15) is 0 Å². The summed E-state index contributed by atoms with van der Waals surface area (Å²) in [5.41, 5.74) is 0.212. The topological polar surface area (TPSA) is 12.5 Å². The average molecular weight is 251 g/mol. The van der Waals surface area contributed by atoms with Crippen LogP contribution in [0, 0.1) is 17.8 Å². The Morgan fingerprint density at radius 1 is 1.17 bits per heavy atom. The van der Waals surface area contributed by atoms with Crippen molar-refractivity contribution in [1.29, 1.82) is 0 Å². The third-order valence-corrected chi connectivity index (χ3v) is 5.85. The van der Waals surface area contributed by atoms with Gasteiger partial charge in [-0.05, 0) is 57.3 Å². The monoisotopic (exact) mass is 251 g/mol. The van der Waals surface area contributed by atoms with Crippen molar-refractivity contribution in [3.8, 4) is 0 Å². The molecule has 0 aromatic carbocycles. The maximum atomic E-state index is 6.68. The SMILES string of the molecule is CC1CC(C)C2OC3(CCC12)CCN(C(C)C)C3. The number of likely N-dealkylation sites (tertiary alicyclic amines) is 1. The van der Waals surface area contributed by atoms with E-state index in [1.807, 2.05) is 0 Å². The van der Waals surface area contributed by atoms with Crippen molar-refractivity contribution in [2.45, 2.75) is 71.1 Å². The first kappa shape index (κ1) is 12.9. The molecule has 2 aliphatic heterocycles. The molecule has 0 amide bonds. The zero-order valence-electron chi connectivity index (χ0n) is 12.5. The molecule has 0 bridgehead atoms. The van der Waals surface area contributed by atoms with Crippen molar-refractivity contribution >= 4 is 0 Å². The first-order valence-electron chi connectivity index (χ1n) is 7.93. The van der Waals surface area contributed by atoms with Gasteiger partial charge in [-0.3, -0.25) is 4.90 Å². The van der Waals surface area contributed by atoms with Gasteiger partial charge in [0.05, 0.1) is 11.7 Å². The highest BCUT2D eigenvalue weighted by Crippen LogP contribution is 2.49. The standard InChI is InChI=1S/C16H29NO/c1-11(2)17-8-7-16(10-17)6-5-14-12(3)9-13(4)15(14)18-16/h11-15H,5-10H2,1-4H3. The number of hydrogen-bond acceptors (Lipinski definition) is 2. The van der Waals surface area contributed by atoms with Gasteiger partial charge in [-0.15, -0.1) is 0 Å². The molecule has 2 heterocycles. The second kappa shape index (κ2) is 4.49. The van der Waals surface area contributed by atoms with Crippen LogP contribution in [0.2, 0.25) is 0 Å². The van der Waals surface area contributed by atoms with E-state index < -0.39 is 0 Å². The molecule has 5 unspecified atom stereocenters. The highest BCUT2D eigenvalue weighted by atomic mass is 16.5. The lowest BCUT2D eigenvalue weighted by Crippen LogP contribution is -2.47. The Labute approximate surface area is 112 Å². The van der Waals surface area contributed by atoms with E-state index in [1.165, 1.54) is 38.8 Å². The number of fused-ring (bicyclic) bond motifs is 1. The molecule has 3 rings (SSSR count). The van der Waals surface area contributed by atoms with E-state index in [0.717, 1.165) is 17.8 Å². The Kier molecular flexibility index (Phi) is 3.22. The molecule has 0 aromatic heterocycles. The molecule has 0 radical (unpaired) electrons. The van der Waals surface area contributed by atoms with Crippen molar-refractivity contribution in [2.75, 3.05) is 13.1 Å². The minimum atomic E-state index is 0.212. The van der Waals surface area contributed by atoms with Crippen LogP contribution in [0.3, 0.4) is 0 Å². The molecule has 2 heteroatoms. The minimum Gasteiger partial charge on any atom is -0.370 e. The maximum Gasteiger partial charge on any atom is 0.0825 e. The second-order valence-corrected chi connectivity index (χ2v) is 7.47. The number of nitrogens with zero attached hydrogens (tertiary/aromatic N) is 1. The fraction of sp³-hybridized carbons (Fsp3) is 1.00. The number of hydrogen-bond donors (Lipinski definition) is 0. The van der Waals surface area contributed by atoms with Gasteiger partial charge in [0.15, 0.2) is 0 Å². The van der Waals surface area contributed by atoms with E-state index in [2.05, 4.69) is 32.6 Å². The lowest BCUT2D eigenvalue weighted by Gasteiger charge is -2.43. The predicted octanol–water partition coefficient (Wildman–Crippen LogP) is 3.31. The van der Waals surface area contributed by atoms with E-state index in [9.17, 15) is 0 Å². The normalized spacial score (nSPS) is 49.2. The van der Waals surface area contributed by atoms with Crippen LogP contribution in [0.15, 0.2) is 0 Å². The Balaban J connectivity index is 1.71. The molecule has 5 atom stereocenters. The molecule has 3 aliphatic rings. The Morgan fingerprint density at radius 2 is 1.94 bits per heavy atom. The zero-order valence-corrected chi connectivity index (χ0v) is 12.5. The Hall–Kier alpha value is -0.0800. The predicted molar refractivity (Wildman–Crippen MR) is 74.6 cm³/mol. The van der Waals surface area contributed by atoms with Gasteiger partial charge < -0.3 is 4.74 Å². The molecule has 1 spiro atoms. The van der Waals surface area contributed by atoms with Gasteiger partial charge >= 0.3 is 0 Å². The minimum absolute atomic E-state index is 0.212. The fourth-order valence-electron chi connectivity index (χ4n) is 4.69. The summed E-state index contributed by atoms with van der Waals surface area (Å²) in [6, 6.07) is 0.672. The maximum absolute atomic E-state index is 6.68. The molecule has 3 fully saturated rings. The van der Waals surface area contributed by atoms with Crippen LogP contribution in [0.5, 0.6) is 0 Å². The summed E-state index contributed by atoms with van der Waals surface area (Å²) in [6.07, 6.45) is 5.90. The highest BCUT2D eigenvalue weighted by molar-refractivity contribution is 5.01. The van der Waals surface area contributed by atoms with Crippen molar-refractivity contribution in [3.63, 3.8) is 0 Å². The van der Waals surface area contributed by atoms with Crippen LogP contribution < -0.4 is 0 Å². The van der Waals surface area contributed by atoms with E-state index in [-0.39, 0.29) is 5.60 Å². The third-order valence-electron chi connectivity index (χ3n) is 5.85. The average Bonchev–Trinajstić information content (AvgIpc) is 2.84. The largest absolute Gasteiger partial charge is 0.370 e. The lowest BCUT2D eigenvalue weighted by atomic mass is 9.82. The Bertz CT molecular complexity index is 316. The van der Waals surface area contributed by atoms with Gasteiger partial charge in [-0.2, -0.15) is 0 Å². The summed E-state index contributed by atoms with van der Waals surface area (Å²) in [6.45, 7) is 11.9. The van der Waals surface area contributed by atoms with E-state index >= 15 is 0 Å².